The Kier molecular flexibility index (Phi) is 4.39. The molecule has 0 bridgehead atoms. The van der Waals surface area contributed by atoms with E-state index in [1.165, 1.54) is 15.7 Å². The van der Waals surface area contributed by atoms with Gasteiger partial charge in [-0.25, -0.2) is 4.39 Å². The highest BCUT2D eigenvalue weighted by molar-refractivity contribution is 14.1. The predicted octanol–water partition coefficient (Wildman–Crippen LogP) is 4.80. The maximum atomic E-state index is 13.1. The van der Waals surface area contributed by atoms with Crippen molar-refractivity contribution in [2.75, 3.05) is 5.32 Å². The highest BCUT2D eigenvalue weighted by atomic mass is 127. The lowest BCUT2D eigenvalue weighted by Crippen LogP contribution is -1.99. The molecule has 2 rings (SSSR count). The molecular formula is C13H10BrFIN. The minimum Gasteiger partial charge on any atom is -0.381 e. The van der Waals surface area contributed by atoms with Gasteiger partial charge in [0.15, 0.2) is 0 Å². The van der Waals surface area contributed by atoms with Crippen LogP contribution in [0.15, 0.2) is 46.9 Å². The highest BCUT2D eigenvalue weighted by Crippen LogP contribution is 2.17. The SMILES string of the molecule is Fc1cc(Br)cc(CNc2ccc(I)cc2)c1. The van der Waals surface area contributed by atoms with Crippen molar-refractivity contribution in [2.45, 2.75) is 6.54 Å². The smallest absolute Gasteiger partial charge is 0.124 e. The van der Waals surface area contributed by atoms with Crippen LogP contribution in [0, 0.1) is 9.39 Å². The topological polar surface area (TPSA) is 12.0 Å². The van der Waals surface area contributed by atoms with Crippen LogP contribution in [0.4, 0.5) is 10.1 Å². The summed E-state index contributed by atoms with van der Waals surface area (Å²) >= 11 is 5.54. The molecule has 0 aliphatic carbocycles. The van der Waals surface area contributed by atoms with Crippen molar-refractivity contribution in [1.82, 2.24) is 0 Å². The zero-order valence-corrected chi connectivity index (χ0v) is 12.6. The molecule has 0 radical (unpaired) electrons. The van der Waals surface area contributed by atoms with Crippen molar-refractivity contribution in [3.63, 3.8) is 0 Å². The summed E-state index contributed by atoms with van der Waals surface area (Å²) in [7, 11) is 0. The van der Waals surface area contributed by atoms with Gasteiger partial charge in [0, 0.05) is 20.3 Å². The Labute approximate surface area is 122 Å². The van der Waals surface area contributed by atoms with Crippen LogP contribution in [-0.4, -0.2) is 0 Å². The second kappa shape index (κ2) is 5.82. The molecule has 0 heterocycles. The molecule has 0 amide bonds. The number of anilines is 1. The molecular weight excluding hydrogens is 396 g/mol. The van der Waals surface area contributed by atoms with Crippen molar-refractivity contribution in [1.29, 1.82) is 0 Å². The summed E-state index contributed by atoms with van der Waals surface area (Å²) in [4.78, 5) is 0. The molecule has 4 heteroatoms. The van der Waals surface area contributed by atoms with Crippen molar-refractivity contribution in [3.8, 4) is 0 Å². The maximum Gasteiger partial charge on any atom is 0.124 e. The molecule has 0 atom stereocenters. The quantitative estimate of drug-likeness (QED) is 0.723. The molecule has 0 aliphatic heterocycles. The first-order valence-electron chi connectivity index (χ1n) is 5.08. The van der Waals surface area contributed by atoms with Gasteiger partial charge >= 0.3 is 0 Å². The fraction of sp³-hybridized carbons (Fsp3) is 0.0769. The van der Waals surface area contributed by atoms with Gasteiger partial charge in [-0.2, -0.15) is 0 Å². The number of rotatable bonds is 3. The Bertz CT molecular complexity index is 493. The molecule has 17 heavy (non-hydrogen) atoms. The van der Waals surface area contributed by atoms with Gasteiger partial charge in [-0.1, -0.05) is 15.9 Å². The average molecular weight is 406 g/mol. The largest absolute Gasteiger partial charge is 0.381 e. The summed E-state index contributed by atoms with van der Waals surface area (Å²) in [5.41, 5.74) is 1.95. The van der Waals surface area contributed by atoms with Gasteiger partial charge in [0.25, 0.3) is 0 Å². The van der Waals surface area contributed by atoms with E-state index in [2.05, 4.69) is 43.8 Å². The van der Waals surface area contributed by atoms with Gasteiger partial charge < -0.3 is 5.32 Å². The maximum absolute atomic E-state index is 13.1. The van der Waals surface area contributed by atoms with Crippen molar-refractivity contribution >= 4 is 44.2 Å². The molecule has 0 saturated carbocycles. The van der Waals surface area contributed by atoms with E-state index in [0.29, 0.717) is 6.54 Å². The van der Waals surface area contributed by atoms with Crippen molar-refractivity contribution < 1.29 is 4.39 Å². The van der Waals surface area contributed by atoms with Crippen LogP contribution >= 0.6 is 38.5 Å². The Balaban J connectivity index is 2.04. The van der Waals surface area contributed by atoms with E-state index in [9.17, 15) is 4.39 Å². The van der Waals surface area contributed by atoms with Crippen LogP contribution in [0.1, 0.15) is 5.56 Å². The molecule has 88 valence electrons. The summed E-state index contributed by atoms with van der Waals surface area (Å²) in [6.07, 6.45) is 0. The molecule has 0 fully saturated rings. The van der Waals surface area contributed by atoms with Crippen molar-refractivity contribution in [3.05, 3.63) is 61.9 Å². The fourth-order valence-electron chi connectivity index (χ4n) is 1.48. The van der Waals surface area contributed by atoms with Crippen LogP contribution in [-0.2, 0) is 6.54 Å². The monoisotopic (exact) mass is 405 g/mol. The minimum absolute atomic E-state index is 0.223. The Morgan fingerprint density at radius 1 is 1.12 bits per heavy atom. The summed E-state index contributed by atoms with van der Waals surface area (Å²) in [6.45, 7) is 0.608. The third-order valence-electron chi connectivity index (χ3n) is 2.26. The van der Waals surface area contributed by atoms with E-state index in [1.54, 1.807) is 0 Å². The van der Waals surface area contributed by atoms with E-state index in [4.69, 9.17) is 0 Å². The second-order valence-corrected chi connectivity index (χ2v) is 5.80. The molecule has 0 saturated heterocycles. The van der Waals surface area contributed by atoms with Gasteiger partial charge in [0.1, 0.15) is 5.82 Å². The predicted molar refractivity (Wildman–Crippen MR) is 80.6 cm³/mol. The van der Waals surface area contributed by atoms with Crippen molar-refractivity contribution in [2.24, 2.45) is 0 Å². The van der Waals surface area contributed by atoms with E-state index < -0.39 is 0 Å². The molecule has 2 aromatic rings. The van der Waals surface area contributed by atoms with Crippen LogP contribution in [0.5, 0.6) is 0 Å². The summed E-state index contributed by atoms with van der Waals surface area (Å²) < 4.78 is 15.1. The molecule has 1 nitrogen and oxygen atoms in total. The zero-order chi connectivity index (χ0) is 12.3. The summed E-state index contributed by atoms with van der Waals surface area (Å²) in [5, 5.41) is 3.25. The summed E-state index contributed by atoms with van der Waals surface area (Å²) in [5.74, 6) is -0.223. The lowest BCUT2D eigenvalue weighted by molar-refractivity contribution is 0.625. The molecule has 2 aromatic carbocycles. The number of benzene rings is 2. The van der Waals surface area contributed by atoms with Crippen LogP contribution in [0.25, 0.3) is 0 Å². The molecule has 0 unspecified atom stereocenters. The first-order valence-corrected chi connectivity index (χ1v) is 6.95. The number of nitrogens with one attached hydrogen (secondary N) is 1. The molecule has 1 N–H and O–H groups in total. The summed E-state index contributed by atoms with van der Waals surface area (Å²) in [6, 6.07) is 13.0. The normalized spacial score (nSPS) is 10.3. The Morgan fingerprint density at radius 3 is 2.47 bits per heavy atom. The minimum atomic E-state index is -0.223. The van der Waals surface area contributed by atoms with E-state index >= 15 is 0 Å². The third-order valence-corrected chi connectivity index (χ3v) is 3.44. The number of halogens is 3. The molecule has 0 aliphatic rings. The average Bonchev–Trinajstić information content (AvgIpc) is 2.27. The number of hydrogen-bond donors (Lipinski definition) is 1. The zero-order valence-electron chi connectivity index (χ0n) is 8.88. The van der Waals surface area contributed by atoms with Gasteiger partial charge in [-0.3, -0.25) is 0 Å². The lowest BCUT2D eigenvalue weighted by Gasteiger charge is -2.07. The van der Waals surface area contributed by atoms with E-state index in [1.807, 2.05) is 30.3 Å². The Morgan fingerprint density at radius 2 is 1.82 bits per heavy atom. The second-order valence-electron chi connectivity index (χ2n) is 3.64. The standard InChI is InChI=1S/C13H10BrFIN/c14-10-5-9(6-11(15)7-10)8-17-13-3-1-12(16)2-4-13/h1-7,17H,8H2. The van der Waals surface area contributed by atoms with Crippen LogP contribution in [0.2, 0.25) is 0 Å². The van der Waals surface area contributed by atoms with E-state index in [-0.39, 0.29) is 5.82 Å². The van der Waals surface area contributed by atoms with Crippen LogP contribution < -0.4 is 5.32 Å². The van der Waals surface area contributed by atoms with E-state index in [0.717, 1.165) is 15.7 Å². The van der Waals surface area contributed by atoms with Crippen LogP contribution in [0.3, 0.4) is 0 Å². The van der Waals surface area contributed by atoms with Gasteiger partial charge in [-0.15, -0.1) is 0 Å². The first-order chi connectivity index (χ1) is 8.13. The fourth-order valence-corrected chi connectivity index (χ4v) is 2.36. The lowest BCUT2D eigenvalue weighted by atomic mass is 10.2. The number of hydrogen-bond acceptors (Lipinski definition) is 1. The van der Waals surface area contributed by atoms with Gasteiger partial charge in [0.05, 0.1) is 0 Å². The van der Waals surface area contributed by atoms with Gasteiger partial charge in [0.2, 0.25) is 0 Å². The molecule has 0 aromatic heterocycles. The first kappa shape index (κ1) is 12.8. The third kappa shape index (κ3) is 3.96. The highest BCUT2D eigenvalue weighted by Gasteiger charge is 1.99. The molecule has 0 spiro atoms. The van der Waals surface area contributed by atoms with Gasteiger partial charge in [-0.05, 0) is 70.6 Å². The Hall–Kier alpha value is -0.620.